The minimum atomic E-state index is -0.571. The van der Waals surface area contributed by atoms with Gasteiger partial charge in [-0.1, -0.05) is 30.3 Å². The largest absolute Gasteiger partial charge is 0.444 e. The number of hydrogen-bond acceptors (Lipinski definition) is 4. The van der Waals surface area contributed by atoms with E-state index in [9.17, 15) is 9.90 Å². The molecule has 0 aliphatic carbocycles. The molecule has 2 atom stereocenters. The molecule has 0 bridgehead atoms. The van der Waals surface area contributed by atoms with Gasteiger partial charge in [0.25, 0.3) is 0 Å². The van der Waals surface area contributed by atoms with Crippen LogP contribution in [-0.4, -0.2) is 35.6 Å². The Bertz CT molecular complexity index is 428. The van der Waals surface area contributed by atoms with Gasteiger partial charge >= 0.3 is 6.09 Å². The fraction of sp³-hybridized carbons (Fsp3) is 0.562. The van der Waals surface area contributed by atoms with E-state index in [-0.39, 0.29) is 12.7 Å². The number of ether oxygens (including phenoxy) is 2. The van der Waals surface area contributed by atoms with Crippen molar-refractivity contribution in [3.05, 3.63) is 35.9 Å². The first-order valence-corrected chi connectivity index (χ1v) is 7.07. The topological polar surface area (TPSA) is 67.8 Å². The molecule has 0 saturated carbocycles. The lowest BCUT2D eigenvalue weighted by atomic mass is 10.2. The Morgan fingerprint density at radius 3 is 2.43 bits per heavy atom. The number of aliphatic hydroxyl groups excluding tert-OH is 1. The van der Waals surface area contributed by atoms with Crippen molar-refractivity contribution >= 4 is 6.09 Å². The number of carbonyl (C=O) groups excluding carboxylic acids is 1. The van der Waals surface area contributed by atoms with E-state index in [4.69, 9.17) is 9.47 Å². The summed E-state index contributed by atoms with van der Waals surface area (Å²) >= 11 is 0. The molecule has 0 heterocycles. The zero-order valence-electron chi connectivity index (χ0n) is 13.1. The Labute approximate surface area is 126 Å². The van der Waals surface area contributed by atoms with Gasteiger partial charge in [-0.15, -0.1) is 0 Å². The van der Waals surface area contributed by atoms with Gasteiger partial charge in [-0.25, -0.2) is 4.79 Å². The third-order valence-corrected chi connectivity index (χ3v) is 2.82. The number of carbonyl (C=O) groups is 1. The fourth-order valence-corrected chi connectivity index (χ4v) is 1.69. The Kier molecular flexibility index (Phi) is 6.65. The molecule has 0 aliphatic rings. The fourth-order valence-electron chi connectivity index (χ4n) is 1.69. The number of nitrogens with one attached hydrogen (secondary N) is 1. The van der Waals surface area contributed by atoms with Gasteiger partial charge in [0.05, 0.1) is 25.4 Å². The monoisotopic (exact) mass is 295 g/mol. The quantitative estimate of drug-likeness (QED) is 0.846. The maximum absolute atomic E-state index is 11.7. The summed E-state index contributed by atoms with van der Waals surface area (Å²) in [5.41, 5.74) is 0.469. The molecule has 5 nitrogen and oxygen atoms in total. The van der Waals surface area contributed by atoms with Crippen LogP contribution >= 0.6 is 0 Å². The molecular formula is C16H25NO4. The van der Waals surface area contributed by atoms with Crippen molar-refractivity contribution in [1.29, 1.82) is 0 Å². The van der Waals surface area contributed by atoms with E-state index in [2.05, 4.69) is 5.32 Å². The summed E-state index contributed by atoms with van der Waals surface area (Å²) in [5.74, 6) is 0. The molecule has 21 heavy (non-hydrogen) atoms. The van der Waals surface area contributed by atoms with Gasteiger partial charge in [0.2, 0.25) is 0 Å². The number of rotatable bonds is 6. The summed E-state index contributed by atoms with van der Waals surface area (Å²) in [4.78, 5) is 11.7. The van der Waals surface area contributed by atoms with Gasteiger partial charge in [-0.2, -0.15) is 0 Å². The summed E-state index contributed by atoms with van der Waals surface area (Å²) < 4.78 is 10.8. The van der Waals surface area contributed by atoms with Crippen LogP contribution in [0.5, 0.6) is 0 Å². The van der Waals surface area contributed by atoms with E-state index >= 15 is 0 Å². The Hall–Kier alpha value is -1.59. The van der Waals surface area contributed by atoms with Gasteiger partial charge < -0.3 is 19.9 Å². The summed E-state index contributed by atoms with van der Waals surface area (Å²) in [7, 11) is 0. The number of aliphatic hydroxyl groups is 1. The first-order chi connectivity index (χ1) is 9.81. The van der Waals surface area contributed by atoms with Gasteiger partial charge in [-0.3, -0.25) is 0 Å². The van der Waals surface area contributed by atoms with Gasteiger partial charge in [0.1, 0.15) is 5.60 Å². The second-order valence-electron chi connectivity index (χ2n) is 5.94. The molecule has 1 aromatic rings. The zero-order chi connectivity index (χ0) is 15.9. The van der Waals surface area contributed by atoms with Crippen LogP contribution < -0.4 is 5.32 Å². The normalized spacial score (nSPS) is 14.3. The lowest BCUT2D eigenvalue weighted by Crippen LogP contribution is -2.47. The summed E-state index contributed by atoms with van der Waals surface area (Å²) in [6, 6.07) is 9.22. The second-order valence-corrected chi connectivity index (χ2v) is 5.94. The lowest BCUT2D eigenvalue weighted by Gasteiger charge is -2.26. The van der Waals surface area contributed by atoms with E-state index in [1.165, 1.54) is 0 Å². The van der Waals surface area contributed by atoms with Gasteiger partial charge in [-0.05, 0) is 33.3 Å². The predicted molar refractivity (Wildman–Crippen MR) is 80.9 cm³/mol. The van der Waals surface area contributed by atoms with Crippen LogP contribution in [0.1, 0.15) is 33.3 Å². The molecule has 0 radical (unpaired) electrons. The third-order valence-electron chi connectivity index (χ3n) is 2.82. The average Bonchev–Trinajstić information content (AvgIpc) is 2.41. The Morgan fingerprint density at radius 2 is 1.90 bits per heavy atom. The standard InChI is InChI=1S/C16H25NO4/c1-12(20-11-13-8-6-5-7-9-13)14(10-18)17-15(19)21-16(2,3)4/h5-9,12,14,18H,10-11H2,1-4H3,(H,17,19)/t12-,14+/m1/s1. The van der Waals surface area contributed by atoms with E-state index < -0.39 is 17.7 Å². The van der Waals surface area contributed by atoms with Crippen molar-refractivity contribution < 1.29 is 19.4 Å². The van der Waals surface area contributed by atoms with Crippen LogP contribution in [-0.2, 0) is 16.1 Å². The third kappa shape index (κ3) is 7.11. The highest BCUT2D eigenvalue weighted by molar-refractivity contribution is 5.68. The van der Waals surface area contributed by atoms with Crippen molar-refractivity contribution in [3.8, 4) is 0 Å². The van der Waals surface area contributed by atoms with Crippen LogP contribution in [0.4, 0.5) is 4.79 Å². The van der Waals surface area contributed by atoms with Crippen LogP contribution in [0, 0.1) is 0 Å². The van der Waals surface area contributed by atoms with Crippen molar-refractivity contribution in [2.45, 2.75) is 52.0 Å². The summed E-state index contributed by atoms with van der Waals surface area (Å²) in [6.45, 7) is 7.38. The van der Waals surface area contributed by atoms with Gasteiger partial charge in [0, 0.05) is 0 Å². The number of alkyl carbamates (subject to hydrolysis) is 1. The van der Waals surface area contributed by atoms with Crippen LogP contribution in [0.25, 0.3) is 0 Å². The zero-order valence-corrected chi connectivity index (χ0v) is 13.1. The Balaban J connectivity index is 2.45. The molecule has 0 saturated heterocycles. The van der Waals surface area contributed by atoms with Crippen LogP contribution in [0.15, 0.2) is 30.3 Å². The second kappa shape index (κ2) is 8.00. The minimum absolute atomic E-state index is 0.213. The van der Waals surface area contributed by atoms with Crippen molar-refractivity contribution in [3.63, 3.8) is 0 Å². The molecule has 1 amide bonds. The average molecular weight is 295 g/mol. The molecule has 0 fully saturated rings. The highest BCUT2D eigenvalue weighted by atomic mass is 16.6. The molecule has 118 valence electrons. The lowest BCUT2D eigenvalue weighted by molar-refractivity contribution is 0.00227. The van der Waals surface area contributed by atoms with Gasteiger partial charge in [0.15, 0.2) is 0 Å². The SMILES string of the molecule is C[C@@H](OCc1ccccc1)[C@H](CO)NC(=O)OC(C)(C)C. The Morgan fingerprint density at radius 1 is 1.29 bits per heavy atom. The first-order valence-electron chi connectivity index (χ1n) is 7.07. The smallest absolute Gasteiger partial charge is 0.408 e. The number of benzene rings is 1. The molecular weight excluding hydrogens is 270 g/mol. The van der Waals surface area contributed by atoms with Crippen molar-refractivity contribution in [2.75, 3.05) is 6.61 Å². The maximum Gasteiger partial charge on any atom is 0.408 e. The molecule has 0 spiro atoms. The highest BCUT2D eigenvalue weighted by Crippen LogP contribution is 2.09. The van der Waals surface area contributed by atoms with E-state index in [1.54, 1.807) is 27.7 Å². The molecule has 1 rings (SSSR count). The molecule has 0 aromatic heterocycles. The highest BCUT2D eigenvalue weighted by Gasteiger charge is 2.23. The first kappa shape index (κ1) is 17.5. The molecule has 5 heteroatoms. The minimum Gasteiger partial charge on any atom is -0.444 e. The van der Waals surface area contributed by atoms with Crippen LogP contribution in [0.3, 0.4) is 0 Å². The maximum atomic E-state index is 11.7. The van der Waals surface area contributed by atoms with Crippen molar-refractivity contribution in [2.24, 2.45) is 0 Å². The molecule has 0 unspecified atom stereocenters. The summed E-state index contributed by atoms with van der Waals surface area (Å²) in [5, 5.41) is 12.0. The van der Waals surface area contributed by atoms with E-state index in [1.807, 2.05) is 30.3 Å². The van der Waals surface area contributed by atoms with E-state index in [0.29, 0.717) is 6.61 Å². The predicted octanol–water partition coefficient (Wildman–Crippen LogP) is 2.48. The van der Waals surface area contributed by atoms with Crippen LogP contribution in [0.2, 0.25) is 0 Å². The molecule has 1 aromatic carbocycles. The molecule has 2 N–H and O–H groups in total. The molecule has 0 aliphatic heterocycles. The van der Waals surface area contributed by atoms with Crippen molar-refractivity contribution in [1.82, 2.24) is 5.32 Å². The van der Waals surface area contributed by atoms with E-state index in [0.717, 1.165) is 5.56 Å². The summed E-state index contributed by atoms with van der Waals surface area (Å²) in [6.07, 6.45) is -0.889. The number of hydrogen-bond donors (Lipinski definition) is 2. The number of amides is 1.